The third kappa shape index (κ3) is 4.28. The summed E-state index contributed by atoms with van der Waals surface area (Å²) in [5.74, 6) is 0.657. The van der Waals surface area contributed by atoms with Gasteiger partial charge in [-0.15, -0.1) is 15.3 Å². The predicted molar refractivity (Wildman–Crippen MR) is 112 cm³/mol. The van der Waals surface area contributed by atoms with Gasteiger partial charge in [-0.25, -0.2) is 13.5 Å². The summed E-state index contributed by atoms with van der Waals surface area (Å²) in [7, 11) is 0. The SMILES string of the molecule is Cc1nnn(-c2ccc(C(F)F)cc2)c1COc1ccc(N2CCNC(C)(C)C2=O)nn1. The second-order valence-corrected chi connectivity index (χ2v) is 7.95. The topological polar surface area (TPSA) is 98.1 Å². The van der Waals surface area contributed by atoms with Crippen molar-refractivity contribution in [1.82, 2.24) is 30.5 Å². The highest BCUT2D eigenvalue weighted by atomic mass is 19.3. The lowest BCUT2D eigenvalue weighted by molar-refractivity contribution is -0.125. The smallest absolute Gasteiger partial charge is 0.263 e. The van der Waals surface area contributed by atoms with Gasteiger partial charge in [-0.05, 0) is 39.0 Å². The first kappa shape index (κ1) is 21.8. The molecule has 11 heteroatoms. The van der Waals surface area contributed by atoms with Gasteiger partial charge in [0.25, 0.3) is 6.43 Å². The monoisotopic (exact) mass is 443 g/mol. The van der Waals surface area contributed by atoms with Crippen LogP contribution in [0.2, 0.25) is 0 Å². The molecule has 0 radical (unpaired) electrons. The minimum atomic E-state index is -2.53. The molecule has 3 heterocycles. The lowest BCUT2D eigenvalue weighted by Gasteiger charge is -2.37. The molecule has 0 unspecified atom stereocenters. The first-order valence-corrected chi connectivity index (χ1v) is 10.1. The highest BCUT2D eigenvalue weighted by Gasteiger charge is 2.36. The number of aryl methyl sites for hydroxylation is 1. The van der Waals surface area contributed by atoms with Crippen LogP contribution in [0.5, 0.6) is 5.88 Å². The fourth-order valence-electron chi connectivity index (χ4n) is 3.40. The van der Waals surface area contributed by atoms with E-state index in [9.17, 15) is 13.6 Å². The van der Waals surface area contributed by atoms with Crippen LogP contribution in [0.3, 0.4) is 0 Å². The standard InChI is InChI=1S/C21H23F2N7O2/c1-13-16(30(28-25-13)15-6-4-14(5-7-15)19(22)23)12-32-18-9-8-17(26-27-18)29-11-10-24-21(2,3)20(29)31/h4-9,19,24H,10-12H2,1-3H3. The number of ether oxygens (including phenoxy) is 1. The van der Waals surface area contributed by atoms with Gasteiger partial charge >= 0.3 is 0 Å². The molecule has 1 saturated heterocycles. The molecule has 1 N–H and O–H groups in total. The summed E-state index contributed by atoms with van der Waals surface area (Å²) < 4.78 is 32.9. The molecule has 168 valence electrons. The van der Waals surface area contributed by atoms with E-state index in [0.29, 0.717) is 36.0 Å². The van der Waals surface area contributed by atoms with Crippen molar-refractivity contribution in [2.24, 2.45) is 0 Å². The van der Waals surface area contributed by atoms with Crippen LogP contribution in [-0.4, -0.2) is 49.7 Å². The van der Waals surface area contributed by atoms with E-state index in [1.807, 2.05) is 13.8 Å². The van der Waals surface area contributed by atoms with Crippen LogP contribution in [0, 0.1) is 6.92 Å². The van der Waals surface area contributed by atoms with Crippen LogP contribution < -0.4 is 15.0 Å². The van der Waals surface area contributed by atoms with Crippen molar-refractivity contribution in [2.75, 3.05) is 18.0 Å². The molecule has 1 amide bonds. The van der Waals surface area contributed by atoms with Gasteiger partial charge in [0, 0.05) is 24.7 Å². The number of carbonyl (C=O) groups excluding carboxylic acids is 1. The van der Waals surface area contributed by atoms with E-state index in [4.69, 9.17) is 4.74 Å². The molecule has 1 aliphatic heterocycles. The maximum Gasteiger partial charge on any atom is 0.263 e. The van der Waals surface area contributed by atoms with E-state index in [1.165, 1.54) is 16.8 Å². The second-order valence-electron chi connectivity index (χ2n) is 7.95. The average molecular weight is 443 g/mol. The summed E-state index contributed by atoms with van der Waals surface area (Å²) in [5, 5.41) is 19.5. The lowest BCUT2D eigenvalue weighted by atomic mass is 10.0. The zero-order chi connectivity index (χ0) is 22.9. The molecule has 2 aromatic heterocycles. The van der Waals surface area contributed by atoms with Crippen LogP contribution in [-0.2, 0) is 11.4 Å². The molecule has 32 heavy (non-hydrogen) atoms. The minimum absolute atomic E-state index is 0.0647. The van der Waals surface area contributed by atoms with Crippen molar-refractivity contribution in [3.05, 3.63) is 53.3 Å². The number of alkyl halides is 2. The maximum atomic E-state index is 12.8. The van der Waals surface area contributed by atoms with Crippen LogP contribution >= 0.6 is 0 Å². The predicted octanol–water partition coefficient (Wildman–Crippen LogP) is 2.60. The van der Waals surface area contributed by atoms with Gasteiger partial charge in [-0.3, -0.25) is 9.69 Å². The fourth-order valence-corrected chi connectivity index (χ4v) is 3.40. The molecule has 4 rings (SSSR count). The molecular weight excluding hydrogens is 420 g/mol. The molecule has 1 aromatic carbocycles. The number of hydrogen-bond donors (Lipinski definition) is 1. The number of carbonyl (C=O) groups is 1. The van der Waals surface area contributed by atoms with Gasteiger partial charge in [-0.2, -0.15) is 0 Å². The summed E-state index contributed by atoms with van der Waals surface area (Å²) in [6.45, 7) is 6.70. The Morgan fingerprint density at radius 1 is 1.12 bits per heavy atom. The maximum absolute atomic E-state index is 12.8. The Labute approximate surface area is 183 Å². The summed E-state index contributed by atoms with van der Waals surface area (Å²) in [4.78, 5) is 14.2. The normalized spacial score (nSPS) is 15.9. The molecule has 3 aromatic rings. The summed E-state index contributed by atoms with van der Waals surface area (Å²) in [6.07, 6.45) is -2.53. The number of halogens is 2. The number of rotatable bonds is 6. The van der Waals surface area contributed by atoms with Crippen molar-refractivity contribution in [3.8, 4) is 11.6 Å². The summed E-state index contributed by atoms with van der Waals surface area (Å²) >= 11 is 0. The largest absolute Gasteiger partial charge is 0.470 e. The van der Waals surface area contributed by atoms with E-state index in [0.717, 1.165) is 0 Å². The number of piperazine rings is 1. The highest BCUT2D eigenvalue weighted by Crippen LogP contribution is 2.23. The van der Waals surface area contributed by atoms with Gasteiger partial charge in [0.05, 0.1) is 16.9 Å². The van der Waals surface area contributed by atoms with E-state index < -0.39 is 12.0 Å². The van der Waals surface area contributed by atoms with E-state index in [1.54, 1.807) is 36.1 Å². The molecule has 0 atom stereocenters. The molecule has 0 aliphatic carbocycles. The molecular formula is C21H23F2N7O2. The molecule has 1 fully saturated rings. The van der Waals surface area contributed by atoms with Crippen LogP contribution in [0.4, 0.5) is 14.6 Å². The zero-order valence-corrected chi connectivity index (χ0v) is 17.9. The van der Waals surface area contributed by atoms with Gasteiger partial charge < -0.3 is 10.1 Å². The summed E-state index contributed by atoms with van der Waals surface area (Å²) in [5.41, 5.74) is 1.16. The number of nitrogens with one attached hydrogen (secondary N) is 1. The Morgan fingerprint density at radius 2 is 1.88 bits per heavy atom. The molecule has 0 saturated carbocycles. The Hall–Kier alpha value is -3.47. The van der Waals surface area contributed by atoms with Crippen molar-refractivity contribution in [1.29, 1.82) is 0 Å². The minimum Gasteiger partial charge on any atom is -0.470 e. The van der Waals surface area contributed by atoms with E-state index in [-0.39, 0.29) is 24.0 Å². The first-order chi connectivity index (χ1) is 15.3. The quantitative estimate of drug-likeness (QED) is 0.625. The molecule has 1 aliphatic rings. The zero-order valence-electron chi connectivity index (χ0n) is 17.9. The fraction of sp³-hybridized carbons (Fsp3) is 0.381. The third-order valence-corrected chi connectivity index (χ3v) is 5.29. The van der Waals surface area contributed by atoms with Gasteiger partial charge in [0.15, 0.2) is 5.82 Å². The molecule has 0 spiro atoms. The molecule has 0 bridgehead atoms. The van der Waals surface area contributed by atoms with Gasteiger partial charge in [0.2, 0.25) is 11.8 Å². The first-order valence-electron chi connectivity index (χ1n) is 10.1. The Morgan fingerprint density at radius 3 is 2.53 bits per heavy atom. The Kier molecular flexibility index (Phi) is 5.83. The van der Waals surface area contributed by atoms with Crippen molar-refractivity contribution in [2.45, 2.75) is 39.3 Å². The average Bonchev–Trinajstić information content (AvgIpc) is 3.15. The third-order valence-electron chi connectivity index (χ3n) is 5.29. The summed E-state index contributed by atoms with van der Waals surface area (Å²) in [6, 6.07) is 9.15. The lowest BCUT2D eigenvalue weighted by Crippen LogP contribution is -2.61. The number of aromatic nitrogens is 5. The number of anilines is 1. The number of amides is 1. The van der Waals surface area contributed by atoms with E-state index in [2.05, 4.69) is 25.8 Å². The highest BCUT2D eigenvalue weighted by molar-refractivity contribution is 5.99. The number of benzene rings is 1. The van der Waals surface area contributed by atoms with Gasteiger partial charge in [-0.1, -0.05) is 17.3 Å². The van der Waals surface area contributed by atoms with Crippen LogP contribution in [0.25, 0.3) is 5.69 Å². The van der Waals surface area contributed by atoms with Crippen molar-refractivity contribution >= 4 is 11.7 Å². The molecule has 9 nitrogen and oxygen atoms in total. The van der Waals surface area contributed by atoms with Crippen molar-refractivity contribution in [3.63, 3.8) is 0 Å². The van der Waals surface area contributed by atoms with E-state index >= 15 is 0 Å². The Bertz CT molecular complexity index is 1100. The van der Waals surface area contributed by atoms with Crippen LogP contribution in [0.15, 0.2) is 36.4 Å². The number of nitrogens with zero attached hydrogens (tertiary/aromatic N) is 6. The Balaban J connectivity index is 1.47. The van der Waals surface area contributed by atoms with Crippen LogP contribution in [0.1, 0.15) is 37.2 Å². The van der Waals surface area contributed by atoms with Gasteiger partial charge in [0.1, 0.15) is 12.3 Å². The number of hydrogen-bond acceptors (Lipinski definition) is 7. The second kappa shape index (κ2) is 8.58. The van der Waals surface area contributed by atoms with Crippen molar-refractivity contribution < 1.29 is 18.3 Å².